The second-order valence-electron chi connectivity index (χ2n) is 7.45. The van der Waals surface area contributed by atoms with E-state index in [0.29, 0.717) is 12.1 Å². The van der Waals surface area contributed by atoms with E-state index in [9.17, 15) is 14.4 Å². The first-order valence-electron chi connectivity index (χ1n) is 10.6. The average Bonchev–Trinajstić information content (AvgIpc) is 3.01. The van der Waals surface area contributed by atoms with E-state index in [0.717, 1.165) is 29.1 Å². The number of unbranched alkanes of at least 4 members (excludes halogenated alkanes) is 1. The fourth-order valence-electron chi connectivity index (χ4n) is 3.23. The molecular formula is C24H28N4O3S. The third-order valence-electron chi connectivity index (χ3n) is 5.08. The lowest BCUT2D eigenvalue weighted by molar-refractivity contribution is -0.116. The van der Waals surface area contributed by atoms with Crippen LogP contribution in [0.3, 0.4) is 0 Å². The van der Waals surface area contributed by atoms with Gasteiger partial charge in [-0.1, -0.05) is 31.5 Å². The Labute approximate surface area is 191 Å². The minimum absolute atomic E-state index is 0.00557. The Morgan fingerprint density at radius 1 is 0.969 bits per heavy atom. The van der Waals surface area contributed by atoms with Crippen LogP contribution in [0.2, 0.25) is 0 Å². The number of carbonyl (C=O) groups excluding carboxylic acids is 2. The van der Waals surface area contributed by atoms with Crippen molar-refractivity contribution >= 4 is 35.0 Å². The third kappa shape index (κ3) is 5.70. The molecule has 0 radical (unpaired) electrons. The predicted octanol–water partition coefficient (Wildman–Crippen LogP) is 4.34. The number of anilines is 2. The van der Waals surface area contributed by atoms with Gasteiger partial charge in [-0.2, -0.15) is 0 Å². The van der Waals surface area contributed by atoms with Crippen molar-refractivity contribution in [3.63, 3.8) is 0 Å². The summed E-state index contributed by atoms with van der Waals surface area (Å²) < 4.78 is 3.26. The molecule has 32 heavy (non-hydrogen) atoms. The molecule has 0 aliphatic carbocycles. The number of rotatable bonds is 9. The summed E-state index contributed by atoms with van der Waals surface area (Å²) in [6.45, 7) is 3.85. The molecule has 168 valence electrons. The van der Waals surface area contributed by atoms with E-state index in [1.165, 1.54) is 16.4 Å². The summed E-state index contributed by atoms with van der Waals surface area (Å²) in [5, 5.41) is 5.63. The summed E-state index contributed by atoms with van der Waals surface area (Å²) in [5.74, 6) is -0.0783. The maximum absolute atomic E-state index is 12.9. The summed E-state index contributed by atoms with van der Waals surface area (Å²) in [5.41, 5.74) is 2.17. The number of thioether (sulfide) groups is 1. The zero-order valence-electron chi connectivity index (χ0n) is 18.6. The van der Waals surface area contributed by atoms with Crippen LogP contribution in [-0.4, -0.2) is 26.9 Å². The number of hydrogen-bond donors (Lipinski definition) is 2. The second-order valence-corrected chi connectivity index (χ2v) is 8.50. The van der Waals surface area contributed by atoms with Gasteiger partial charge in [0.15, 0.2) is 0 Å². The van der Waals surface area contributed by atoms with Gasteiger partial charge in [-0.25, -0.2) is 4.68 Å². The molecule has 0 unspecified atom stereocenters. The van der Waals surface area contributed by atoms with Gasteiger partial charge in [0.25, 0.3) is 5.56 Å². The van der Waals surface area contributed by atoms with Crippen molar-refractivity contribution in [2.75, 3.05) is 16.4 Å². The molecule has 1 aromatic heterocycles. The largest absolute Gasteiger partial charge is 0.326 e. The molecule has 3 aromatic rings. The lowest BCUT2D eigenvalue weighted by Crippen LogP contribution is -2.23. The van der Waals surface area contributed by atoms with E-state index in [2.05, 4.69) is 10.6 Å². The highest BCUT2D eigenvalue weighted by Gasteiger charge is 2.18. The number of hydrogen-bond acceptors (Lipinski definition) is 4. The smallest absolute Gasteiger partial charge is 0.295 e. The van der Waals surface area contributed by atoms with Crippen molar-refractivity contribution in [3.8, 4) is 5.69 Å². The first-order valence-corrected chi connectivity index (χ1v) is 11.6. The summed E-state index contributed by atoms with van der Waals surface area (Å²) in [6, 6.07) is 16.7. The Bertz CT molecular complexity index is 1130. The predicted molar refractivity (Wildman–Crippen MR) is 130 cm³/mol. The Morgan fingerprint density at radius 2 is 1.66 bits per heavy atom. The number of amides is 2. The quantitative estimate of drug-likeness (QED) is 0.473. The van der Waals surface area contributed by atoms with Crippen molar-refractivity contribution in [1.82, 2.24) is 9.36 Å². The SMILES string of the molecule is CCCCC(=O)Nc1ccc(SCC(=O)Nc2c(C)n(C)n(-c3ccccc3)c2=O)cc1. The number of carbonyl (C=O) groups is 2. The highest BCUT2D eigenvalue weighted by Crippen LogP contribution is 2.21. The molecule has 0 bridgehead atoms. The van der Waals surface area contributed by atoms with Gasteiger partial charge in [-0.15, -0.1) is 11.8 Å². The van der Waals surface area contributed by atoms with Crippen molar-refractivity contribution in [2.24, 2.45) is 7.05 Å². The Balaban J connectivity index is 1.60. The zero-order valence-corrected chi connectivity index (χ0v) is 19.4. The molecule has 2 amide bonds. The van der Waals surface area contributed by atoms with Crippen LogP contribution in [0.15, 0.2) is 64.3 Å². The van der Waals surface area contributed by atoms with Gasteiger partial charge >= 0.3 is 0 Å². The van der Waals surface area contributed by atoms with Gasteiger partial charge in [0, 0.05) is 24.1 Å². The monoisotopic (exact) mass is 452 g/mol. The Kier molecular flexibility index (Phi) is 7.94. The van der Waals surface area contributed by atoms with Gasteiger partial charge in [-0.05, 0) is 49.7 Å². The second kappa shape index (κ2) is 10.9. The molecule has 0 atom stereocenters. The van der Waals surface area contributed by atoms with Crippen LogP contribution in [0.25, 0.3) is 5.69 Å². The lowest BCUT2D eigenvalue weighted by Gasteiger charge is -2.07. The molecule has 2 N–H and O–H groups in total. The standard InChI is InChI=1S/C24H28N4O3S/c1-4-5-11-21(29)25-18-12-14-20(15-13-18)32-16-22(30)26-23-17(2)27(3)28(24(23)31)19-9-7-6-8-10-19/h6-10,12-15H,4-5,11,16H2,1-3H3,(H,25,29)(H,26,30). The molecule has 8 heteroatoms. The molecule has 3 rings (SSSR count). The lowest BCUT2D eigenvalue weighted by atomic mass is 10.2. The van der Waals surface area contributed by atoms with Crippen molar-refractivity contribution in [3.05, 3.63) is 70.6 Å². The average molecular weight is 453 g/mol. The van der Waals surface area contributed by atoms with Gasteiger partial charge < -0.3 is 10.6 Å². The number of benzene rings is 2. The maximum atomic E-state index is 12.9. The molecule has 0 fully saturated rings. The molecule has 0 saturated heterocycles. The summed E-state index contributed by atoms with van der Waals surface area (Å²) >= 11 is 1.37. The van der Waals surface area contributed by atoms with Crippen LogP contribution in [0, 0.1) is 6.92 Å². The molecule has 0 aliphatic rings. The maximum Gasteiger partial charge on any atom is 0.295 e. The van der Waals surface area contributed by atoms with Gasteiger partial charge in [0.2, 0.25) is 11.8 Å². The van der Waals surface area contributed by atoms with Crippen molar-refractivity contribution in [2.45, 2.75) is 38.0 Å². The van der Waals surface area contributed by atoms with Crippen molar-refractivity contribution < 1.29 is 9.59 Å². The minimum Gasteiger partial charge on any atom is -0.326 e. The fraction of sp³-hybridized carbons (Fsp3) is 0.292. The van der Waals surface area contributed by atoms with E-state index < -0.39 is 0 Å². The molecule has 7 nitrogen and oxygen atoms in total. The molecule has 0 spiro atoms. The van der Waals surface area contributed by atoms with Crippen LogP contribution in [0.1, 0.15) is 31.9 Å². The zero-order chi connectivity index (χ0) is 23.1. The Hall–Kier alpha value is -3.26. The van der Waals surface area contributed by atoms with Crippen LogP contribution in [-0.2, 0) is 16.6 Å². The first kappa shape index (κ1) is 23.4. The minimum atomic E-state index is -0.266. The van der Waals surface area contributed by atoms with Crippen LogP contribution in [0.4, 0.5) is 11.4 Å². The van der Waals surface area contributed by atoms with Crippen LogP contribution in [0.5, 0.6) is 0 Å². The Morgan fingerprint density at radius 3 is 2.31 bits per heavy atom. The van der Waals surface area contributed by atoms with E-state index >= 15 is 0 Å². The van der Waals surface area contributed by atoms with E-state index in [1.54, 1.807) is 18.7 Å². The normalized spacial score (nSPS) is 10.7. The highest BCUT2D eigenvalue weighted by molar-refractivity contribution is 8.00. The molecule has 1 heterocycles. The van der Waals surface area contributed by atoms with Gasteiger partial charge in [0.1, 0.15) is 5.69 Å². The molecule has 2 aromatic carbocycles. The first-order chi connectivity index (χ1) is 15.4. The topological polar surface area (TPSA) is 85.1 Å². The number of nitrogens with one attached hydrogen (secondary N) is 2. The molecule has 0 saturated carbocycles. The van der Waals surface area contributed by atoms with Crippen molar-refractivity contribution in [1.29, 1.82) is 0 Å². The van der Waals surface area contributed by atoms with E-state index in [1.807, 2.05) is 61.5 Å². The summed E-state index contributed by atoms with van der Waals surface area (Å²) in [4.78, 5) is 38.1. The fourth-order valence-corrected chi connectivity index (χ4v) is 3.93. The molecular weight excluding hydrogens is 424 g/mol. The summed E-state index contributed by atoms with van der Waals surface area (Å²) in [6.07, 6.45) is 2.36. The number of aromatic nitrogens is 2. The third-order valence-corrected chi connectivity index (χ3v) is 6.10. The van der Waals surface area contributed by atoms with Gasteiger partial charge in [-0.3, -0.25) is 19.1 Å². The van der Waals surface area contributed by atoms with E-state index in [4.69, 9.17) is 0 Å². The molecule has 0 aliphatic heterocycles. The number of para-hydroxylation sites is 1. The van der Waals surface area contributed by atoms with Crippen LogP contribution >= 0.6 is 11.8 Å². The summed E-state index contributed by atoms with van der Waals surface area (Å²) in [7, 11) is 1.79. The van der Waals surface area contributed by atoms with E-state index in [-0.39, 0.29) is 28.8 Å². The van der Waals surface area contributed by atoms with Gasteiger partial charge in [0.05, 0.1) is 17.1 Å². The number of nitrogens with zero attached hydrogens (tertiary/aromatic N) is 2. The van der Waals surface area contributed by atoms with Crippen LogP contribution < -0.4 is 16.2 Å². The highest BCUT2D eigenvalue weighted by atomic mass is 32.2.